The number of H-pyrrole nitrogens is 1. The van der Waals surface area contributed by atoms with Gasteiger partial charge in [-0.25, -0.2) is 4.98 Å². The molecule has 0 bridgehead atoms. The van der Waals surface area contributed by atoms with E-state index in [0.29, 0.717) is 0 Å². The van der Waals surface area contributed by atoms with Crippen LogP contribution in [0.25, 0.3) is 0 Å². The van der Waals surface area contributed by atoms with Crippen LogP contribution in [0.1, 0.15) is 24.0 Å². The highest BCUT2D eigenvalue weighted by Crippen LogP contribution is 2.26. The monoisotopic (exact) mass is 259 g/mol. The van der Waals surface area contributed by atoms with Gasteiger partial charge in [-0.15, -0.1) is 0 Å². The fraction of sp³-hybridized carbons (Fsp3) is 0.357. The van der Waals surface area contributed by atoms with Gasteiger partial charge >= 0.3 is 0 Å². The van der Waals surface area contributed by atoms with Crippen molar-refractivity contribution in [1.29, 1.82) is 0 Å². The number of hydrogen-bond acceptors (Lipinski definition) is 3. The Morgan fingerprint density at radius 3 is 3.00 bits per heavy atom. The second kappa shape index (κ2) is 5.16. The maximum absolute atomic E-state index is 4.23. The van der Waals surface area contributed by atoms with Gasteiger partial charge in [0, 0.05) is 29.9 Å². The van der Waals surface area contributed by atoms with Gasteiger partial charge in [0.25, 0.3) is 0 Å². The number of rotatable bonds is 5. The molecule has 4 heteroatoms. The summed E-state index contributed by atoms with van der Waals surface area (Å²) in [6, 6.07) is 7.39. The third-order valence-electron chi connectivity index (χ3n) is 3.16. The first-order valence-electron chi connectivity index (χ1n) is 6.31. The number of aromatic nitrogens is 2. The summed E-state index contributed by atoms with van der Waals surface area (Å²) >= 11 is 1.67. The van der Waals surface area contributed by atoms with Crippen LogP contribution >= 0.6 is 11.8 Å². The second-order valence-corrected chi connectivity index (χ2v) is 5.80. The third kappa shape index (κ3) is 2.94. The predicted molar refractivity (Wildman–Crippen MR) is 73.8 cm³/mol. The summed E-state index contributed by atoms with van der Waals surface area (Å²) in [7, 11) is 0. The molecule has 1 heterocycles. The molecule has 0 aliphatic heterocycles. The smallest absolute Gasteiger partial charge is 0.170 e. The molecule has 0 unspecified atom stereocenters. The minimum Gasteiger partial charge on any atom is -0.339 e. The van der Waals surface area contributed by atoms with Crippen molar-refractivity contribution in [3.63, 3.8) is 0 Å². The van der Waals surface area contributed by atoms with E-state index < -0.39 is 0 Å². The molecule has 2 aromatic rings. The molecule has 1 aromatic heterocycles. The normalized spacial score (nSPS) is 14.9. The van der Waals surface area contributed by atoms with Gasteiger partial charge in [0.1, 0.15) is 0 Å². The molecule has 18 heavy (non-hydrogen) atoms. The van der Waals surface area contributed by atoms with Crippen molar-refractivity contribution in [3.05, 3.63) is 41.7 Å². The van der Waals surface area contributed by atoms with Crippen LogP contribution in [0.5, 0.6) is 0 Å². The van der Waals surface area contributed by atoms with Crippen molar-refractivity contribution in [3.8, 4) is 0 Å². The zero-order valence-corrected chi connectivity index (χ0v) is 11.3. The van der Waals surface area contributed by atoms with E-state index in [9.17, 15) is 0 Å². The number of nitrogens with one attached hydrogen (secondary N) is 2. The first-order chi connectivity index (χ1) is 8.81. The average Bonchev–Trinajstić information content (AvgIpc) is 3.05. The highest BCUT2D eigenvalue weighted by atomic mass is 32.2. The summed E-state index contributed by atoms with van der Waals surface area (Å²) < 4.78 is 0. The third-order valence-corrected chi connectivity index (χ3v) is 4.07. The molecule has 1 aliphatic carbocycles. The predicted octanol–water partition coefficient (Wildman–Crippen LogP) is 3.12. The van der Waals surface area contributed by atoms with E-state index in [4.69, 9.17) is 0 Å². The summed E-state index contributed by atoms with van der Waals surface area (Å²) in [5, 5.41) is 4.50. The lowest BCUT2D eigenvalue weighted by Gasteiger charge is -2.08. The van der Waals surface area contributed by atoms with Crippen LogP contribution in [-0.4, -0.2) is 16.0 Å². The number of benzene rings is 1. The Bertz CT molecular complexity index is 518. The van der Waals surface area contributed by atoms with Crippen LogP contribution in [0.3, 0.4) is 0 Å². The Labute approximate surface area is 111 Å². The minimum atomic E-state index is 0.765. The molecule has 0 amide bonds. The number of nitrogens with zero attached hydrogens (tertiary/aromatic N) is 1. The summed E-state index contributed by atoms with van der Waals surface area (Å²) in [5.74, 6) is 0. The van der Waals surface area contributed by atoms with Gasteiger partial charge in [-0.1, -0.05) is 17.8 Å². The zero-order chi connectivity index (χ0) is 12.4. The Morgan fingerprint density at radius 1 is 1.44 bits per heavy atom. The molecular weight excluding hydrogens is 242 g/mol. The molecule has 0 saturated heterocycles. The summed E-state index contributed by atoms with van der Waals surface area (Å²) in [4.78, 5) is 8.57. The fourth-order valence-corrected chi connectivity index (χ4v) is 2.73. The molecule has 1 aliphatic rings. The second-order valence-electron chi connectivity index (χ2n) is 4.74. The largest absolute Gasteiger partial charge is 0.339 e. The van der Waals surface area contributed by atoms with Gasteiger partial charge in [0.2, 0.25) is 0 Å². The van der Waals surface area contributed by atoms with E-state index in [2.05, 4.69) is 40.4 Å². The van der Waals surface area contributed by atoms with Gasteiger partial charge in [-0.05, 0) is 43.0 Å². The van der Waals surface area contributed by atoms with E-state index >= 15 is 0 Å². The van der Waals surface area contributed by atoms with Crippen LogP contribution in [0.15, 0.2) is 40.6 Å². The van der Waals surface area contributed by atoms with E-state index in [1.807, 2.05) is 6.20 Å². The Morgan fingerprint density at radius 2 is 2.33 bits per heavy atom. The van der Waals surface area contributed by atoms with Crippen molar-refractivity contribution in [1.82, 2.24) is 15.3 Å². The first-order valence-corrected chi connectivity index (χ1v) is 7.13. The average molecular weight is 259 g/mol. The quantitative estimate of drug-likeness (QED) is 0.866. The van der Waals surface area contributed by atoms with Gasteiger partial charge in [0.15, 0.2) is 5.16 Å². The van der Waals surface area contributed by atoms with Crippen LogP contribution in [0, 0.1) is 6.92 Å². The number of hydrogen-bond donors (Lipinski definition) is 2. The van der Waals surface area contributed by atoms with E-state index in [1.165, 1.54) is 28.9 Å². The topological polar surface area (TPSA) is 40.7 Å². The lowest BCUT2D eigenvalue weighted by Crippen LogP contribution is -2.15. The molecule has 0 radical (unpaired) electrons. The van der Waals surface area contributed by atoms with Crippen molar-refractivity contribution < 1.29 is 0 Å². The van der Waals surface area contributed by atoms with Gasteiger partial charge in [-0.2, -0.15) is 0 Å². The highest BCUT2D eigenvalue weighted by Gasteiger charge is 2.20. The van der Waals surface area contributed by atoms with Crippen molar-refractivity contribution >= 4 is 11.8 Å². The van der Waals surface area contributed by atoms with Crippen LogP contribution < -0.4 is 5.32 Å². The fourth-order valence-electron chi connectivity index (χ4n) is 1.89. The Balaban J connectivity index is 1.67. The maximum Gasteiger partial charge on any atom is 0.170 e. The van der Waals surface area contributed by atoms with Gasteiger partial charge in [0.05, 0.1) is 0 Å². The lowest BCUT2D eigenvalue weighted by atomic mass is 10.1. The summed E-state index contributed by atoms with van der Waals surface area (Å²) in [6.07, 6.45) is 6.31. The molecule has 1 saturated carbocycles. The summed E-state index contributed by atoms with van der Waals surface area (Å²) in [5.41, 5.74) is 2.74. The highest BCUT2D eigenvalue weighted by molar-refractivity contribution is 7.99. The van der Waals surface area contributed by atoms with Crippen molar-refractivity contribution in [2.75, 3.05) is 0 Å². The molecule has 3 rings (SSSR count). The molecule has 3 nitrogen and oxygen atoms in total. The molecule has 94 valence electrons. The van der Waals surface area contributed by atoms with Crippen molar-refractivity contribution in [2.24, 2.45) is 0 Å². The Hall–Kier alpha value is -1.26. The van der Waals surface area contributed by atoms with Gasteiger partial charge < -0.3 is 10.3 Å². The lowest BCUT2D eigenvalue weighted by molar-refractivity contribution is 0.685. The molecular formula is C14H17N3S. The van der Waals surface area contributed by atoms with E-state index in [-0.39, 0.29) is 0 Å². The summed E-state index contributed by atoms with van der Waals surface area (Å²) in [6.45, 7) is 3.16. The van der Waals surface area contributed by atoms with E-state index in [1.54, 1.807) is 18.0 Å². The van der Waals surface area contributed by atoms with Crippen molar-refractivity contribution in [2.45, 2.75) is 42.4 Å². The zero-order valence-electron chi connectivity index (χ0n) is 10.4. The number of aryl methyl sites for hydroxylation is 1. The SMILES string of the molecule is Cc1cc(Sc2ncc[nH]2)ccc1CNC1CC1. The minimum absolute atomic E-state index is 0.765. The molecule has 1 aromatic carbocycles. The molecule has 0 atom stereocenters. The number of aromatic amines is 1. The Kier molecular flexibility index (Phi) is 3.39. The number of imidazole rings is 1. The van der Waals surface area contributed by atoms with Crippen LogP contribution in [-0.2, 0) is 6.54 Å². The molecule has 0 spiro atoms. The van der Waals surface area contributed by atoms with E-state index in [0.717, 1.165) is 17.7 Å². The molecule has 2 N–H and O–H groups in total. The first kappa shape index (κ1) is 11.8. The maximum atomic E-state index is 4.23. The van der Waals surface area contributed by atoms with Crippen LogP contribution in [0.2, 0.25) is 0 Å². The van der Waals surface area contributed by atoms with Gasteiger partial charge in [-0.3, -0.25) is 0 Å². The standard InChI is InChI=1S/C14H17N3S/c1-10-8-13(18-14-15-6-7-16-14)5-2-11(10)9-17-12-3-4-12/h2,5-8,12,17H,3-4,9H2,1H3,(H,15,16). The molecule has 1 fully saturated rings. The van der Waals surface area contributed by atoms with Crippen LogP contribution in [0.4, 0.5) is 0 Å².